The normalized spacial score (nSPS) is 30.1. The van der Waals surface area contributed by atoms with Crippen LogP contribution in [0.15, 0.2) is 0 Å². The minimum Gasteiger partial charge on any atom is -0.369 e. The number of amides is 1. The van der Waals surface area contributed by atoms with Gasteiger partial charge in [0.15, 0.2) is 0 Å². The fraction of sp³-hybridized carbons (Fsp3) is 0.875. The summed E-state index contributed by atoms with van der Waals surface area (Å²) < 4.78 is 0. The predicted molar refractivity (Wildman–Crippen MR) is 48.5 cm³/mol. The highest BCUT2D eigenvalue weighted by Gasteiger charge is 2.23. The summed E-state index contributed by atoms with van der Waals surface area (Å²) in [7, 11) is 0. The van der Waals surface area contributed by atoms with Crippen molar-refractivity contribution in [3.05, 3.63) is 0 Å². The highest BCUT2D eigenvalue weighted by atomic mass is 35.5. The van der Waals surface area contributed by atoms with Gasteiger partial charge < -0.3 is 5.73 Å². The standard InChI is InChI=1S/C8H15ClN2O/c9-11-5-6-1-3-7(4-2-6)8(10)12/h6-7,11H,1-5H2,(H2,10,12)/t6-,7-. The third kappa shape index (κ3) is 2.64. The van der Waals surface area contributed by atoms with Gasteiger partial charge in [0.25, 0.3) is 0 Å². The molecular weight excluding hydrogens is 176 g/mol. The van der Waals surface area contributed by atoms with Gasteiger partial charge in [-0.2, -0.15) is 0 Å². The van der Waals surface area contributed by atoms with Crippen molar-refractivity contribution in [2.75, 3.05) is 6.54 Å². The van der Waals surface area contributed by atoms with E-state index in [0.29, 0.717) is 5.92 Å². The highest BCUT2D eigenvalue weighted by Crippen LogP contribution is 2.27. The third-order valence-electron chi connectivity index (χ3n) is 2.61. The van der Waals surface area contributed by atoms with Crippen LogP contribution in [0.25, 0.3) is 0 Å². The summed E-state index contributed by atoms with van der Waals surface area (Å²) in [6, 6.07) is 0. The van der Waals surface area contributed by atoms with Gasteiger partial charge >= 0.3 is 0 Å². The van der Waals surface area contributed by atoms with Crippen LogP contribution in [-0.4, -0.2) is 12.5 Å². The Hall–Kier alpha value is -0.280. The van der Waals surface area contributed by atoms with Gasteiger partial charge in [0.2, 0.25) is 5.91 Å². The Morgan fingerprint density at radius 1 is 1.42 bits per heavy atom. The fourth-order valence-corrected chi connectivity index (χ4v) is 1.98. The number of nitrogens with two attached hydrogens (primary N) is 1. The molecule has 1 saturated carbocycles. The quantitative estimate of drug-likeness (QED) is 0.653. The SMILES string of the molecule is NC(=O)[C@H]1CC[C@H](CNCl)CC1. The van der Waals surface area contributed by atoms with Gasteiger partial charge in [-0.15, -0.1) is 0 Å². The van der Waals surface area contributed by atoms with Crippen molar-refractivity contribution in [1.29, 1.82) is 0 Å². The summed E-state index contributed by atoms with van der Waals surface area (Å²) in [5, 5.41) is 0. The molecule has 3 nitrogen and oxygen atoms in total. The first kappa shape index (κ1) is 9.81. The van der Waals surface area contributed by atoms with E-state index in [2.05, 4.69) is 4.84 Å². The zero-order valence-corrected chi connectivity index (χ0v) is 7.81. The van der Waals surface area contributed by atoms with Crippen LogP contribution in [0.3, 0.4) is 0 Å². The van der Waals surface area contributed by atoms with Crippen molar-refractivity contribution in [3.63, 3.8) is 0 Å². The van der Waals surface area contributed by atoms with Gasteiger partial charge in [0, 0.05) is 12.5 Å². The van der Waals surface area contributed by atoms with Crippen LogP contribution in [0.5, 0.6) is 0 Å². The molecule has 0 spiro atoms. The topological polar surface area (TPSA) is 55.1 Å². The molecule has 0 radical (unpaired) electrons. The number of rotatable bonds is 3. The molecule has 0 aliphatic heterocycles. The van der Waals surface area contributed by atoms with E-state index in [1.807, 2.05) is 0 Å². The summed E-state index contributed by atoms with van der Waals surface area (Å²) in [4.78, 5) is 13.4. The lowest BCUT2D eigenvalue weighted by Gasteiger charge is -2.25. The van der Waals surface area contributed by atoms with E-state index in [-0.39, 0.29) is 11.8 Å². The molecule has 4 heteroatoms. The number of hydrogen-bond acceptors (Lipinski definition) is 2. The first-order valence-corrected chi connectivity index (χ1v) is 4.74. The van der Waals surface area contributed by atoms with Crippen LogP contribution in [0.2, 0.25) is 0 Å². The number of carbonyl (C=O) groups excluding carboxylic acids is 1. The number of nitrogens with one attached hydrogen (secondary N) is 1. The molecule has 0 aromatic rings. The first-order valence-electron chi connectivity index (χ1n) is 4.37. The number of carbonyl (C=O) groups is 1. The van der Waals surface area contributed by atoms with Crippen LogP contribution in [0, 0.1) is 11.8 Å². The van der Waals surface area contributed by atoms with Gasteiger partial charge in [-0.3, -0.25) is 4.79 Å². The Labute approximate surface area is 77.8 Å². The minimum atomic E-state index is -0.146. The minimum absolute atomic E-state index is 0.108. The molecule has 0 aromatic carbocycles. The van der Waals surface area contributed by atoms with Gasteiger partial charge in [0.05, 0.1) is 0 Å². The Balaban J connectivity index is 2.25. The molecule has 0 saturated heterocycles. The van der Waals surface area contributed by atoms with Gasteiger partial charge in [-0.1, -0.05) is 0 Å². The number of halogens is 1. The number of hydrogen-bond donors (Lipinski definition) is 2. The van der Waals surface area contributed by atoms with Gasteiger partial charge in [-0.25, -0.2) is 4.84 Å². The first-order chi connectivity index (χ1) is 5.74. The van der Waals surface area contributed by atoms with E-state index in [1.54, 1.807) is 0 Å². The molecule has 1 rings (SSSR count). The zero-order chi connectivity index (χ0) is 8.97. The second-order valence-corrected chi connectivity index (χ2v) is 3.73. The maximum Gasteiger partial charge on any atom is 0.220 e. The average molecular weight is 191 g/mol. The molecule has 0 bridgehead atoms. The molecule has 70 valence electrons. The van der Waals surface area contributed by atoms with E-state index >= 15 is 0 Å². The summed E-state index contributed by atoms with van der Waals surface area (Å²) in [5.41, 5.74) is 5.21. The molecule has 1 fully saturated rings. The maximum absolute atomic E-state index is 10.8. The molecule has 3 N–H and O–H groups in total. The Morgan fingerprint density at radius 2 is 2.00 bits per heavy atom. The summed E-state index contributed by atoms with van der Waals surface area (Å²) in [6.45, 7) is 0.840. The lowest BCUT2D eigenvalue weighted by atomic mass is 9.82. The van der Waals surface area contributed by atoms with Gasteiger partial charge in [0.1, 0.15) is 0 Å². The van der Waals surface area contributed by atoms with Crippen molar-refractivity contribution in [2.45, 2.75) is 25.7 Å². The van der Waals surface area contributed by atoms with E-state index in [0.717, 1.165) is 32.2 Å². The molecule has 1 amide bonds. The maximum atomic E-state index is 10.8. The monoisotopic (exact) mass is 190 g/mol. The summed E-state index contributed by atoms with van der Waals surface area (Å²) in [6.07, 6.45) is 3.98. The zero-order valence-electron chi connectivity index (χ0n) is 7.05. The van der Waals surface area contributed by atoms with E-state index in [9.17, 15) is 4.79 Å². The van der Waals surface area contributed by atoms with Gasteiger partial charge in [-0.05, 0) is 43.4 Å². The van der Waals surface area contributed by atoms with Crippen LogP contribution in [0.1, 0.15) is 25.7 Å². The van der Waals surface area contributed by atoms with E-state index in [1.165, 1.54) is 0 Å². The predicted octanol–water partition coefficient (Wildman–Crippen LogP) is 1.02. The van der Waals surface area contributed by atoms with Crippen molar-refractivity contribution in [1.82, 2.24) is 4.84 Å². The molecule has 0 unspecified atom stereocenters. The molecule has 0 aromatic heterocycles. The molecule has 0 heterocycles. The third-order valence-corrected chi connectivity index (χ3v) is 2.77. The average Bonchev–Trinajstić information content (AvgIpc) is 2.06. The smallest absolute Gasteiger partial charge is 0.220 e. The van der Waals surface area contributed by atoms with Crippen LogP contribution < -0.4 is 10.6 Å². The van der Waals surface area contributed by atoms with Crippen LogP contribution in [0.4, 0.5) is 0 Å². The highest BCUT2D eigenvalue weighted by molar-refractivity contribution is 6.13. The molecule has 0 atom stereocenters. The largest absolute Gasteiger partial charge is 0.369 e. The second-order valence-electron chi connectivity index (χ2n) is 3.46. The van der Waals surface area contributed by atoms with Crippen molar-refractivity contribution in [2.24, 2.45) is 17.6 Å². The van der Waals surface area contributed by atoms with Crippen molar-refractivity contribution >= 4 is 17.7 Å². The van der Waals surface area contributed by atoms with Crippen LogP contribution in [-0.2, 0) is 4.79 Å². The molecule has 1 aliphatic rings. The Kier molecular flexibility index (Phi) is 3.82. The Bertz CT molecular complexity index is 155. The van der Waals surface area contributed by atoms with Crippen molar-refractivity contribution in [3.8, 4) is 0 Å². The lowest BCUT2D eigenvalue weighted by Crippen LogP contribution is -2.29. The van der Waals surface area contributed by atoms with Crippen LogP contribution >= 0.6 is 11.8 Å². The summed E-state index contributed by atoms with van der Waals surface area (Å²) in [5.74, 6) is 0.585. The van der Waals surface area contributed by atoms with E-state index < -0.39 is 0 Å². The Morgan fingerprint density at radius 3 is 2.42 bits per heavy atom. The molecule has 1 aliphatic carbocycles. The van der Waals surface area contributed by atoms with Crippen molar-refractivity contribution < 1.29 is 4.79 Å². The van der Waals surface area contributed by atoms with E-state index in [4.69, 9.17) is 17.5 Å². The molecular formula is C8H15ClN2O. The fourth-order valence-electron chi connectivity index (χ4n) is 1.76. The number of primary amides is 1. The second kappa shape index (κ2) is 4.67. The summed E-state index contributed by atoms with van der Waals surface area (Å²) >= 11 is 5.39. The molecule has 12 heavy (non-hydrogen) atoms. The lowest BCUT2D eigenvalue weighted by molar-refractivity contribution is -0.122.